The first kappa shape index (κ1) is 22.9. The van der Waals surface area contributed by atoms with Crippen molar-refractivity contribution in [2.45, 2.75) is 25.0 Å². The molecule has 180 valence electrons. The molecule has 0 bridgehead atoms. The number of halogens is 2. The number of pyridine rings is 2. The van der Waals surface area contributed by atoms with Crippen molar-refractivity contribution >= 4 is 22.5 Å². The number of hydrogen-bond donors (Lipinski definition) is 3. The number of aliphatic hydroxyl groups excluding tert-OH is 1. The molecule has 1 aromatic carbocycles. The van der Waals surface area contributed by atoms with Crippen LogP contribution in [0, 0.1) is 11.6 Å². The number of anilines is 1. The number of ether oxygens (including phenoxy) is 2. The average Bonchev–Trinajstić information content (AvgIpc) is 3.32. The number of fused-ring (bicyclic) bond motifs is 1. The van der Waals surface area contributed by atoms with Gasteiger partial charge in [0, 0.05) is 12.2 Å². The highest BCUT2D eigenvalue weighted by molar-refractivity contribution is 6.17. The highest BCUT2D eigenvalue weighted by Crippen LogP contribution is 2.31. The molecule has 10 heteroatoms. The van der Waals surface area contributed by atoms with Crippen molar-refractivity contribution in [3.05, 3.63) is 77.9 Å². The number of benzene rings is 1. The third-order valence-corrected chi connectivity index (χ3v) is 5.86. The lowest BCUT2D eigenvalue weighted by atomic mass is 10.0. The summed E-state index contributed by atoms with van der Waals surface area (Å²) in [5, 5.41) is 12.7. The molecule has 1 saturated heterocycles. The number of ketones is 1. The van der Waals surface area contributed by atoms with Gasteiger partial charge in [0.25, 0.3) is 0 Å². The second-order valence-electron chi connectivity index (χ2n) is 8.20. The number of H-pyrrole nitrogens is 1. The van der Waals surface area contributed by atoms with Crippen LogP contribution in [0.3, 0.4) is 0 Å². The molecule has 8 nitrogen and oxygen atoms in total. The molecule has 0 spiro atoms. The normalized spacial score (nSPS) is 17.9. The van der Waals surface area contributed by atoms with Crippen molar-refractivity contribution in [3.63, 3.8) is 0 Å². The first-order valence-corrected chi connectivity index (χ1v) is 11.1. The third kappa shape index (κ3) is 4.71. The second kappa shape index (κ2) is 9.77. The Hall–Kier alpha value is -3.89. The summed E-state index contributed by atoms with van der Waals surface area (Å²) in [6, 6.07) is 8.74. The predicted molar refractivity (Wildman–Crippen MR) is 124 cm³/mol. The summed E-state index contributed by atoms with van der Waals surface area (Å²) in [6.07, 6.45) is 4.96. The van der Waals surface area contributed by atoms with Crippen molar-refractivity contribution in [3.8, 4) is 11.5 Å². The summed E-state index contributed by atoms with van der Waals surface area (Å²) < 4.78 is 39.7. The highest BCUT2D eigenvalue weighted by Gasteiger charge is 2.25. The Morgan fingerprint density at radius 2 is 2.00 bits per heavy atom. The summed E-state index contributed by atoms with van der Waals surface area (Å²) >= 11 is 0. The van der Waals surface area contributed by atoms with Gasteiger partial charge < -0.3 is 24.9 Å². The van der Waals surface area contributed by atoms with E-state index in [1.54, 1.807) is 12.1 Å². The van der Waals surface area contributed by atoms with Crippen LogP contribution in [0.5, 0.6) is 11.5 Å². The SMILES string of the molecule is O=C(c1ccc(Oc2ccccc2F)cn1)c1c[nH]c2ncc(F)c(N[C@@H]3CC[C@@H](CO)OC3)c12. The van der Waals surface area contributed by atoms with Gasteiger partial charge in [0.2, 0.25) is 5.78 Å². The number of aromatic amines is 1. The fourth-order valence-electron chi connectivity index (χ4n) is 4.03. The molecule has 0 unspecified atom stereocenters. The standard InChI is InChI=1S/C25H22F2N4O4/c26-18-3-1-2-4-21(18)35-15-7-8-20(28-9-15)24(33)17-10-29-25-22(17)23(19(27)11-30-25)31-14-5-6-16(12-32)34-13-14/h1-4,7-11,14,16,32H,5-6,12-13H2,(H2,29,30,31)/t14-,16+/m1/s1. The molecule has 3 N–H and O–H groups in total. The van der Waals surface area contributed by atoms with Gasteiger partial charge in [-0.3, -0.25) is 4.79 Å². The molecule has 35 heavy (non-hydrogen) atoms. The molecule has 0 saturated carbocycles. The Morgan fingerprint density at radius 3 is 2.71 bits per heavy atom. The Balaban J connectivity index is 1.40. The number of para-hydroxylation sites is 1. The Bertz CT molecular complexity index is 1350. The number of carbonyl (C=O) groups excluding carboxylic acids is 1. The lowest BCUT2D eigenvalue weighted by Crippen LogP contribution is -2.36. The molecule has 1 aliphatic rings. The highest BCUT2D eigenvalue weighted by atomic mass is 19.1. The first-order valence-electron chi connectivity index (χ1n) is 11.1. The molecule has 5 rings (SSSR count). The van der Waals surface area contributed by atoms with Gasteiger partial charge >= 0.3 is 0 Å². The number of aliphatic hydroxyl groups is 1. The number of nitrogens with zero attached hydrogens (tertiary/aromatic N) is 2. The summed E-state index contributed by atoms with van der Waals surface area (Å²) in [6.45, 7) is 0.237. The minimum Gasteiger partial charge on any atom is -0.453 e. The molecule has 4 heterocycles. The van der Waals surface area contributed by atoms with E-state index in [1.807, 2.05) is 0 Å². The van der Waals surface area contributed by atoms with Gasteiger partial charge in [0.1, 0.15) is 17.1 Å². The van der Waals surface area contributed by atoms with Crippen LogP contribution in [0.1, 0.15) is 28.9 Å². The maximum atomic E-state index is 14.8. The zero-order valence-electron chi connectivity index (χ0n) is 18.5. The third-order valence-electron chi connectivity index (χ3n) is 5.86. The van der Waals surface area contributed by atoms with Gasteiger partial charge in [-0.2, -0.15) is 0 Å². The van der Waals surface area contributed by atoms with Crippen molar-refractivity contribution in [1.82, 2.24) is 15.0 Å². The summed E-state index contributed by atoms with van der Waals surface area (Å²) in [5.74, 6) is -1.25. The topological polar surface area (TPSA) is 109 Å². The number of nitrogens with one attached hydrogen (secondary N) is 2. The Morgan fingerprint density at radius 1 is 1.14 bits per heavy atom. The number of aromatic nitrogens is 3. The molecular formula is C25H22F2N4O4. The zero-order chi connectivity index (χ0) is 24.4. The van der Waals surface area contributed by atoms with Crippen molar-refractivity contribution in [2.24, 2.45) is 0 Å². The van der Waals surface area contributed by atoms with Crippen molar-refractivity contribution in [2.75, 3.05) is 18.5 Å². The van der Waals surface area contributed by atoms with Crippen molar-refractivity contribution in [1.29, 1.82) is 0 Å². The molecule has 1 aliphatic heterocycles. The van der Waals surface area contributed by atoms with Gasteiger partial charge in [0.05, 0.1) is 48.3 Å². The zero-order valence-corrected chi connectivity index (χ0v) is 18.5. The van der Waals surface area contributed by atoms with E-state index in [9.17, 15) is 18.7 Å². The van der Waals surface area contributed by atoms with Crippen LogP contribution in [0.2, 0.25) is 0 Å². The molecule has 3 aromatic heterocycles. The lowest BCUT2D eigenvalue weighted by molar-refractivity contribution is -0.0223. The minimum atomic E-state index is -0.600. The molecule has 2 atom stereocenters. The van der Waals surface area contributed by atoms with Crippen LogP contribution >= 0.6 is 0 Å². The van der Waals surface area contributed by atoms with Gasteiger partial charge in [-0.1, -0.05) is 12.1 Å². The van der Waals surface area contributed by atoms with E-state index in [0.717, 1.165) is 6.20 Å². The smallest absolute Gasteiger partial charge is 0.213 e. The average molecular weight is 480 g/mol. The quantitative estimate of drug-likeness (QED) is 0.340. The minimum absolute atomic E-state index is 0.0410. The van der Waals surface area contributed by atoms with Gasteiger partial charge in [-0.15, -0.1) is 0 Å². The molecule has 0 aliphatic carbocycles. The van der Waals surface area contributed by atoms with Crippen LogP contribution in [0.15, 0.2) is 55.0 Å². The van der Waals surface area contributed by atoms with Crippen LogP contribution < -0.4 is 10.1 Å². The van der Waals surface area contributed by atoms with E-state index in [2.05, 4.69) is 20.3 Å². The number of carbonyl (C=O) groups is 1. The molecule has 1 fully saturated rings. The molecule has 0 radical (unpaired) electrons. The molecule has 4 aromatic rings. The Labute approximate surface area is 198 Å². The van der Waals surface area contributed by atoms with E-state index in [1.165, 1.54) is 36.7 Å². The van der Waals surface area contributed by atoms with E-state index in [4.69, 9.17) is 9.47 Å². The number of rotatable bonds is 7. The summed E-state index contributed by atoms with van der Waals surface area (Å²) in [5.41, 5.74) is 0.806. The van der Waals surface area contributed by atoms with Crippen molar-refractivity contribution < 1.29 is 28.2 Å². The lowest BCUT2D eigenvalue weighted by Gasteiger charge is -2.29. The van der Waals surface area contributed by atoms with Crippen LogP contribution in [0.4, 0.5) is 14.5 Å². The molecular weight excluding hydrogens is 458 g/mol. The van der Waals surface area contributed by atoms with Crippen LogP contribution in [-0.2, 0) is 4.74 Å². The Kier molecular flexibility index (Phi) is 6.39. The maximum Gasteiger partial charge on any atom is 0.213 e. The fraction of sp³-hybridized carbons (Fsp3) is 0.240. The first-order chi connectivity index (χ1) is 17.0. The second-order valence-corrected chi connectivity index (χ2v) is 8.20. The predicted octanol–water partition coefficient (Wildman–Crippen LogP) is 4.21. The van der Waals surface area contributed by atoms with E-state index >= 15 is 0 Å². The van der Waals surface area contributed by atoms with E-state index < -0.39 is 17.4 Å². The summed E-state index contributed by atoms with van der Waals surface area (Å²) in [7, 11) is 0. The van der Waals surface area contributed by atoms with Gasteiger partial charge in [0.15, 0.2) is 17.4 Å². The largest absolute Gasteiger partial charge is 0.453 e. The number of hydrogen-bond acceptors (Lipinski definition) is 7. The van der Waals surface area contributed by atoms with E-state index in [-0.39, 0.29) is 47.2 Å². The van der Waals surface area contributed by atoms with E-state index in [0.29, 0.717) is 30.5 Å². The fourth-order valence-corrected chi connectivity index (χ4v) is 4.03. The van der Waals surface area contributed by atoms with Gasteiger partial charge in [-0.05, 0) is 37.1 Å². The van der Waals surface area contributed by atoms with Crippen LogP contribution in [-0.4, -0.2) is 51.2 Å². The maximum absolute atomic E-state index is 14.8. The summed E-state index contributed by atoms with van der Waals surface area (Å²) in [4.78, 5) is 24.4. The molecule has 0 amide bonds. The monoisotopic (exact) mass is 480 g/mol. The van der Waals surface area contributed by atoms with Gasteiger partial charge in [-0.25, -0.2) is 18.7 Å². The van der Waals surface area contributed by atoms with Crippen LogP contribution in [0.25, 0.3) is 11.0 Å².